The van der Waals surface area contributed by atoms with Gasteiger partial charge in [-0.15, -0.1) is 0 Å². The number of benzene rings is 2. The first-order valence-electron chi connectivity index (χ1n) is 8.09. The van der Waals surface area contributed by atoms with E-state index in [9.17, 15) is 4.79 Å². The van der Waals surface area contributed by atoms with Crippen LogP contribution in [0.25, 0.3) is 39.4 Å². The third-order valence-corrected chi connectivity index (χ3v) is 5.08. The van der Waals surface area contributed by atoms with Crippen LogP contribution in [-0.4, -0.2) is 14.1 Å². The van der Waals surface area contributed by atoms with Crippen LogP contribution in [0.15, 0.2) is 53.3 Å². The second-order valence-electron chi connectivity index (χ2n) is 6.25. The zero-order valence-corrected chi connectivity index (χ0v) is 14.3. The van der Waals surface area contributed by atoms with E-state index < -0.39 is 0 Å². The highest BCUT2D eigenvalue weighted by atomic mass is 35.5. The Balaban J connectivity index is 1.97. The summed E-state index contributed by atoms with van der Waals surface area (Å²) in [5.41, 5.74) is 3.79. The Labute approximate surface area is 148 Å². The number of allylic oxidation sites excluding steroid dienone is 1. The van der Waals surface area contributed by atoms with Crippen molar-refractivity contribution in [3.05, 3.63) is 69.5 Å². The van der Waals surface area contributed by atoms with Crippen LogP contribution in [0, 0.1) is 0 Å². The zero-order valence-electron chi connectivity index (χ0n) is 13.5. The molecule has 0 amide bonds. The van der Waals surface area contributed by atoms with Gasteiger partial charge in [-0.2, -0.15) is 0 Å². The van der Waals surface area contributed by atoms with Gasteiger partial charge < -0.3 is 4.57 Å². The topological polar surface area (TPSA) is 39.8 Å². The number of aromatic nitrogens is 3. The Kier molecular flexibility index (Phi) is 2.94. The molecule has 0 N–H and O–H groups in total. The van der Waals surface area contributed by atoms with Crippen LogP contribution in [0.4, 0.5) is 0 Å². The maximum atomic E-state index is 13.0. The second kappa shape index (κ2) is 5.07. The minimum Gasteiger partial charge on any atom is -0.341 e. The number of hydrogen-bond donors (Lipinski definition) is 0. The number of nitrogens with zero attached hydrogens (tertiary/aromatic N) is 3. The number of aryl methyl sites for hydroxylation is 1. The van der Waals surface area contributed by atoms with Crippen LogP contribution >= 0.6 is 11.6 Å². The van der Waals surface area contributed by atoms with Crippen LogP contribution in [0.5, 0.6) is 0 Å². The molecule has 0 saturated carbocycles. The van der Waals surface area contributed by atoms with Crippen LogP contribution in [0.1, 0.15) is 5.56 Å². The summed E-state index contributed by atoms with van der Waals surface area (Å²) >= 11 is 6.07. The van der Waals surface area contributed by atoms with Crippen molar-refractivity contribution < 1.29 is 0 Å². The predicted octanol–water partition coefficient (Wildman–Crippen LogP) is 4.24. The number of halogens is 1. The van der Waals surface area contributed by atoms with Gasteiger partial charge in [-0.1, -0.05) is 42.0 Å². The molecule has 0 fully saturated rings. The van der Waals surface area contributed by atoms with Gasteiger partial charge in [-0.3, -0.25) is 9.36 Å². The maximum Gasteiger partial charge on any atom is 0.262 e. The molecule has 122 valence electrons. The van der Waals surface area contributed by atoms with Gasteiger partial charge in [0.2, 0.25) is 0 Å². The Morgan fingerprint density at radius 3 is 2.84 bits per heavy atom. The third-order valence-electron chi connectivity index (χ3n) is 4.85. The molecular weight excluding hydrogens is 334 g/mol. The van der Waals surface area contributed by atoms with Crippen LogP contribution in [-0.2, 0) is 13.6 Å². The fraction of sp³-hybridized carbons (Fsp3) is 0.100. The van der Waals surface area contributed by atoms with Crippen LogP contribution < -0.4 is 5.56 Å². The van der Waals surface area contributed by atoms with Crippen molar-refractivity contribution in [3.8, 4) is 11.5 Å². The molecular formula is C20H14ClN3O. The fourth-order valence-electron chi connectivity index (χ4n) is 3.68. The van der Waals surface area contributed by atoms with Gasteiger partial charge in [0.15, 0.2) is 5.82 Å². The van der Waals surface area contributed by atoms with E-state index in [4.69, 9.17) is 16.6 Å². The van der Waals surface area contributed by atoms with Crippen molar-refractivity contribution in [2.45, 2.75) is 6.54 Å². The molecule has 2 aromatic carbocycles. The van der Waals surface area contributed by atoms with Gasteiger partial charge in [0.05, 0.1) is 16.6 Å². The fourth-order valence-corrected chi connectivity index (χ4v) is 3.85. The molecule has 1 aliphatic rings. The van der Waals surface area contributed by atoms with Gasteiger partial charge in [0.25, 0.3) is 5.56 Å². The van der Waals surface area contributed by atoms with E-state index in [0.29, 0.717) is 28.3 Å². The van der Waals surface area contributed by atoms with E-state index in [-0.39, 0.29) is 5.56 Å². The lowest BCUT2D eigenvalue weighted by Gasteiger charge is -2.12. The first-order valence-corrected chi connectivity index (χ1v) is 8.47. The zero-order chi connectivity index (χ0) is 17.1. The van der Waals surface area contributed by atoms with Crippen molar-refractivity contribution in [1.82, 2.24) is 14.1 Å². The minimum absolute atomic E-state index is 0.0646. The molecule has 0 bridgehead atoms. The van der Waals surface area contributed by atoms with E-state index in [1.165, 1.54) is 0 Å². The molecule has 3 heterocycles. The van der Waals surface area contributed by atoms with Crippen molar-refractivity contribution >= 4 is 39.5 Å². The molecule has 0 aliphatic carbocycles. The summed E-state index contributed by atoms with van der Waals surface area (Å²) in [6.45, 7) is 0.493. The summed E-state index contributed by atoms with van der Waals surface area (Å²) in [5.74, 6) is 0.693. The SMILES string of the molecule is Cn1c2c(c3ccccc31)C=CCn1c-2nc2ccc(Cl)cc2c1=O. The first kappa shape index (κ1) is 14.5. The lowest BCUT2D eigenvalue weighted by atomic mass is 10.1. The Bertz CT molecular complexity index is 1260. The summed E-state index contributed by atoms with van der Waals surface area (Å²) in [4.78, 5) is 17.9. The van der Waals surface area contributed by atoms with Crippen molar-refractivity contribution in [2.24, 2.45) is 7.05 Å². The van der Waals surface area contributed by atoms with Gasteiger partial charge in [0.1, 0.15) is 0 Å². The molecule has 0 saturated heterocycles. The third kappa shape index (κ3) is 1.94. The summed E-state index contributed by atoms with van der Waals surface area (Å²) < 4.78 is 3.83. The van der Waals surface area contributed by atoms with Crippen LogP contribution in [0.2, 0.25) is 5.02 Å². The lowest BCUT2D eigenvalue weighted by Crippen LogP contribution is -2.23. The molecule has 2 aromatic heterocycles. The average molecular weight is 348 g/mol. The first-order chi connectivity index (χ1) is 12.1. The molecule has 1 aliphatic heterocycles. The Morgan fingerprint density at radius 2 is 1.96 bits per heavy atom. The molecule has 5 rings (SSSR count). The van der Waals surface area contributed by atoms with E-state index in [2.05, 4.69) is 22.8 Å². The highest BCUT2D eigenvalue weighted by molar-refractivity contribution is 6.31. The van der Waals surface area contributed by atoms with Crippen molar-refractivity contribution in [3.63, 3.8) is 0 Å². The number of hydrogen-bond acceptors (Lipinski definition) is 2. The molecule has 0 radical (unpaired) electrons. The highest BCUT2D eigenvalue weighted by Crippen LogP contribution is 2.34. The van der Waals surface area contributed by atoms with E-state index in [1.807, 2.05) is 25.3 Å². The summed E-state index contributed by atoms with van der Waals surface area (Å²) in [6.07, 6.45) is 4.10. The standard InChI is InChI=1S/C20H14ClN3O/c1-23-17-7-3-2-5-13(17)14-6-4-10-24-19(18(14)23)22-16-9-8-12(21)11-15(16)20(24)25/h2-9,11H,10H2,1H3. The monoisotopic (exact) mass is 347 g/mol. The molecule has 4 aromatic rings. The van der Waals surface area contributed by atoms with Gasteiger partial charge in [-0.05, 0) is 24.3 Å². The minimum atomic E-state index is -0.0646. The quantitative estimate of drug-likeness (QED) is 0.477. The molecule has 0 unspecified atom stereocenters. The summed E-state index contributed by atoms with van der Waals surface area (Å²) in [6, 6.07) is 13.5. The van der Waals surface area contributed by atoms with Gasteiger partial charge in [-0.25, -0.2) is 4.98 Å². The highest BCUT2D eigenvalue weighted by Gasteiger charge is 2.22. The van der Waals surface area contributed by atoms with E-state index in [1.54, 1.807) is 22.8 Å². The normalized spacial score (nSPS) is 13.0. The molecule has 4 nitrogen and oxygen atoms in total. The average Bonchev–Trinajstić information content (AvgIpc) is 2.77. The molecule has 0 spiro atoms. The van der Waals surface area contributed by atoms with E-state index >= 15 is 0 Å². The Morgan fingerprint density at radius 1 is 1.12 bits per heavy atom. The molecule has 5 heteroatoms. The molecule has 25 heavy (non-hydrogen) atoms. The number of fused-ring (bicyclic) bond motifs is 6. The second-order valence-corrected chi connectivity index (χ2v) is 6.69. The molecule has 0 atom stereocenters. The number of para-hydroxylation sites is 1. The van der Waals surface area contributed by atoms with Crippen molar-refractivity contribution in [1.29, 1.82) is 0 Å². The Hall–Kier alpha value is -2.85. The lowest BCUT2D eigenvalue weighted by molar-refractivity contribution is 0.772. The van der Waals surface area contributed by atoms with Gasteiger partial charge >= 0.3 is 0 Å². The van der Waals surface area contributed by atoms with Gasteiger partial charge in [0, 0.05) is 35.1 Å². The largest absolute Gasteiger partial charge is 0.341 e. The summed E-state index contributed by atoms with van der Waals surface area (Å²) in [5, 5.41) is 2.25. The summed E-state index contributed by atoms with van der Waals surface area (Å²) in [7, 11) is 2.02. The smallest absolute Gasteiger partial charge is 0.262 e. The van der Waals surface area contributed by atoms with Crippen LogP contribution in [0.3, 0.4) is 0 Å². The predicted molar refractivity (Wildman–Crippen MR) is 102 cm³/mol. The number of rotatable bonds is 0. The maximum absolute atomic E-state index is 13.0. The van der Waals surface area contributed by atoms with E-state index in [0.717, 1.165) is 22.2 Å². The van der Waals surface area contributed by atoms with Crippen molar-refractivity contribution in [2.75, 3.05) is 0 Å².